The fourth-order valence-electron chi connectivity index (χ4n) is 2.83. The maximum absolute atomic E-state index is 12.3. The van der Waals surface area contributed by atoms with Gasteiger partial charge in [-0.1, -0.05) is 19.1 Å². The Hall–Kier alpha value is -2.39. The van der Waals surface area contributed by atoms with E-state index in [2.05, 4.69) is 16.3 Å². The van der Waals surface area contributed by atoms with Crippen LogP contribution < -0.4 is 5.32 Å². The Kier molecular flexibility index (Phi) is 7.42. The highest BCUT2D eigenvalue weighted by Crippen LogP contribution is 2.09. The summed E-state index contributed by atoms with van der Waals surface area (Å²) < 4.78 is 0. The topological polar surface area (TPSA) is 76.4 Å². The van der Waals surface area contributed by atoms with Crippen LogP contribution in [0.4, 0.5) is 0 Å². The molecule has 0 aliphatic carbocycles. The zero-order valence-electron chi connectivity index (χ0n) is 14.8. The van der Waals surface area contributed by atoms with Crippen molar-refractivity contribution in [3.05, 3.63) is 35.4 Å². The number of aryl methyl sites for hydroxylation is 1. The van der Waals surface area contributed by atoms with E-state index in [1.165, 1.54) is 0 Å². The molecule has 1 fully saturated rings. The molecule has 1 heterocycles. The van der Waals surface area contributed by atoms with Crippen molar-refractivity contribution >= 4 is 11.8 Å². The van der Waals surface area contributed by atoms with E-state index in [1.54, 1.807) is 12.1 Å². The van der Waals surface area contributed by atoms with E-state index < -0.39 is 0 Å². The van der Waals surface area contributed by atoms with Crippen molar-refractivity contribution < 1.29 is 9.59 Å². The van der Waals surface area contributed by atoms with Crippen molar-refractivity contribution in [3.8, 4) is 6.07 Å². The maximum atomic E-state index is 12.3. The zero-order valence-corrected chi connectivity index (χ0v) is 14.8. The number of hydrogen-bond donors (Lipinski definition) is 1. The van der Waals surface area contributed by atoms with Gasteiger partial charge in [0.1, 0.15) is 0 Å². The lowest BCUT2D eigenvalue weighted by molar-refractivity contribution is -0.133. The first kappa shape index (κ1) is 18.9. The molecule has 1 aliphatic rings. The van der Waals surface area contributed by atoms with E-state index in [0.717, 1.165) is 25.1 Å². The van der Waals surface area contributed by atoms with Crippen molar-refractivity contribution in [3.63, 3.8) is 0 Å². The number of piperazine rings is 1. The van der Waals surface area contributed by atoms with Gasteiger partial charge in [-0.3, -0.25) is 14.5 Å². The molecule has 1 aromatic rings. The number of carbonyl (C=O) groups is 2. The summed E-state index contributed by atoms with van der Waals surface area (Å²) in [5.74, 6) is 0.210. The summed E-state index contributed by atoms with van der Waals surface area (Å²) in [5, 5.41) is 11.7. The first-order valence-electron chi connectivity index (χ1n) is 8.88. The molecule has 1 N–H and O–H groups in total. The van der Waals surface area contributed by atoms with Crippen LogP contribution >= 0.6 is 0 Å². The van der Waals surface area contributed by atoms with Crippen molar-refractivity contribution in [2.75, 3.05) is 39.3 Å². The number of hydrogen-bond acceptors (Lipinski definition) is 4. The van der Waals surface area contributed by atoms with Crippen LogP contribution in [0.2, 0.25) is 0 Å². The summed E-state index contributed by atoms with van der Waals surface area (Å²) in [7, 11) is 0. The molecule has 134 valence electrons. The quantitative estimate of drug-likeness (QED) is 0.807. The van der Waals surface area contributed by atoms with Crippen LogP contribution in [-0.4, -0.2) is 60.9 Å². The van der Waals surface area contributed by atoms with Gasteiger partial charge in [-0.15, -0.1) is 0 Å². The second-order valence-electron chi connectivity index (χ2n) is 6.32. The molecule has 0 atom stereocenters. The molecule has 0 saturated carbocycles. The summed E-state index contributed by atoms with van der Waals surface area (Å²) in [6.45, 7) is 5.98. The Morgan fingerprint density at radius 1 is 1.16 bits per heavy atom. The van der Waals surface area contributed by atoms with Crippen molar-refractivity contribution in [2.45, 2.75) is 26.2 Å². The molecule has 2 rings (SSSR count). The molecule has 0 bridgehead atoms. The predicted molar refractivity (Wildman–Crippen MR) is 95.8 cm³/mol. The van der Waals surface area contributed by atoms with Crippen LogP contribution in [0.1, 0.15) is 30.9 Å². The molecule has 1 aromatic carbocycles. The van der Waals surface area contributed by atoms with E-state index in [4.69, 9.17) is 5.26 Å². The van der Waals surface area contributed by atoms with Gasteiger partial charge in [0.25, 0.3) is 0 Å². The molecule has 6 heteroatoms. The van der Waals surface area contributed by atoms with Gasteiger partial charge in [0, 0.05) is 39.1 Å². The summed E-state index contributed by atoms with van der Waals surface area (Å²) >= 11 is 0. The van der Waals surface area contributed by atoms with E-state index in [9.17, 15) is 9.59 Å². The van der Waals surface area contributed by atoms with Crippen molar-refractivity contribution in [2.24, 2.45) is 0 Å². The zero-order chi connectivity index (χ0) is 18.1. The van der Waals surface area contributed by atoms with Crippen LogP contribution in [0.25, 0.3) is 0 Å². The molecule has 6 nitrogen and oxygen atoms in total. The predicted octanol–water partition coefficient (Wildman–Crippen LogP) is 1.16. The Labute approximate surface area is 149 Å². The Balaban J connectivity index is 1.70. The fraction of sp³-hybridized carbons (Fsp3) is 0.526. The highest BCUT2D eigenvalue weighted by atomic mass is 16.2. The summed E-state index contributed by atoms with van der Waals surface area (Å²) in [4.78, 5) is 28.0. The minimum atomic E-state index is 0.0578. The second-order valence-corrected chi connectivity index (χ2v) is 6.32. The first-order valence-corrected chi connectivity index (χ1v) is 8.88. The van der Waals surface area contributed by atoms with Crippen LogP contribution in [-0.2, 0) is 16.0 Å². The Morgan fingerprint density at radius 2 is 1.84 bits per heavy atom. The maximum Gasteiger partial charge on any atom is 0.234 e. The van der Waals surface area contributed by atoms with Gasteiger partial charge >= 0.3 is 0 Å². The standard InChI is InChI=1S/C19H26N4O2/c1-2-9-21-18(24)15-22-10-12-23(13-11-22)19(25)8-7-16-3-5-17(14-20)6-4-16/h3-6H,2,7-13,15H2,1H3,(H,21,24). The average molecular weight is 342 g/mol. The number of benzene rings is 1. The van der Waals surface area contributed by atoms with Gasteiger partial charge in [-0.05, 0) is 30.5 Å². The number of nitrogens with one attached hydrogen (secondary N) is 1. The third-order valence-electron chi connectivity index (χ3n) is 4.37. The lowest BCUT2D eigenvalue weighted by Crippen LogP contribution is -2.51. The smallest absolute Gasteiger partial charge is 0.234 e. The van der Waals surface area contributed by atoms with Gasteiger partial charge in [0.15, 0.2) is 0 Å². The van der Waals surface area contributed by atoms with Gasteiger partial charge in [-0.25, -0.2) is 0 Å². The van der Waals surface area contributed by atoms with Gasteiger partial charge in [0.2, 0.25) is 11.8 Å². The normalized spacial score (nSPS) is 14.8. The molecule has 0 radical (unpaired) electrons. The molecule has 1 aliphatic heterocycles. The Bertz CT molecular complexity index is 613. The van der Waals surface area contributed by atoms with Gasteiger partial charge < -0.3 is 10.2 Å². The van der Waals surface area contributed by atoms with E-state index in [-0.39, 0.29) is 11.8 Å². The number of nitrogens with zero attached hydrogens (tertiary/aromatic N) is 3. The van der Waals surface area contributed by atoms with Crippen LogP contribution in [0.15, 0.2) is 24.3 Å². The van der Waals surface area contributed by atoms with E-state index >= 15 is 0 Å². The van der Waals surface area contributed by atoms with Crippen LogP contribution in [0, 0.1) is 11.3 Å². The summed E-state index contributed by atoms with van der Waals surface area (Å²) in [6.07, 6.45) is 2.10. The van der Waals surface area contributed by atoms with Crippen LogP contribution in [0.3, 0.4) is 0 Å². The minimum absolute atomic E-state index is 0.0578. The SMILES string of the molecule is CCCNC(=O)CN1CCN(C(=O)CCc2ccc(C#N)cc2)CC1. The van der Waals surface area contributed by atoms with Crippen LogP contribution in [0.5, 0.6) is 0 Å². The van der Waals surface area contributed by atoms with Crippen molar-refractivity contribution in [1.82, 2.24) is 15.1 Å². The van der Waals surface area contributed by atoms with Gasteiger partial charge in [0.05, 0.1) is 18.2 Å². The third kappa shape index (κ3) is 6.20. The molecule has 0 unspecified atom stereocenters. The van der Waals surface area contributed by atoms with Crippen molar-refractivity contribution in [1.29, 1.82) is 5.26 Å². The number of rotatable bonds is 7. The third-order valence-corrected chi connectivity index (χ3v) is 4.37. The van der Waals surface area contributed by atoms with E-state index in [1.807, 2.05) is 24.0 Å². The molecule has 2 amide bonds. The molecule has 1 saturated heterocycles. The highest BCUT2D eigenvalue weighted by molar-refractivity contribution is 5.78. The average Bonchev–Trinajstić information content (AvgIpc) is 2.65. The molecule has 0 spiro atoms. The highest BCUT2D eigenvalue weighted by Gasteiger charge is 2.22. The fourth-order valence-corrected chi connectivity index (χ4v) is 2.83. The number of nitriles is 1. The molecular formula is C19H26N4O2. The second kappa shape index (κ2) is 9.80. The minimum Gasteiger partial charge on any atom is -0.355 e. The lowest BCUT2D eigenvalue weighted by atomic mass is 10.1. The summed E-state index contributed by atoms with van der Waals surface area (Å²) in [6, 6.07) is 9.45. The largest absolute Gasteiger partial charge is 0.355 e. The molecular weight excluding hydrogens is 316 g/mol. The first-order chi connectivity index (χ1) is 12.1. The number of amides is 2. The lowest BCUT2D eigenvalue weighted by Gasteiger charge is -2.34. The molecule has 0 aromatic heterocycles. The summed E-state index contributed by atoms with van der Waals surface area (Å²) in [5.41, 5.74) is 1.70. The molecule has 25 heavy (non-hydrogen) atoms. The van der Waals surface area contributed by atoms with Gasteiger partial charge in [-0.2, -0.15) is 5.26 Å². The monoisotopic (exact) mass is 342 g/mol. The number of carbonyl (C=O) groups excluding carboxylic acids is 2. The van der Waals surface area contributed by atoms with E-state index in [0.29, 0.717) is 44.6 Å². The Morgan fingerprint density at radius 3 is 2.44 bits per heavy atom.